The highest BCUT2D eigenvalue weighted by Gasteiger charge is 2.30. The van der Waals surface area contributed by atoms with Gasteiger partial charge in [-0.3, -0.25) is 14.3 Å². The van der Waals surface area contributed by atoms with Gasteiger partial charge in [-0.25, -0.2) is 4.68 Å². The molecule has 1 N–H and O–H groups in total. The Balaban J connectivity index is 2.15. The molecule has 1 fully saturated rings. The zero-order chi connectivity index (χ0) is 15.6. The number of hydrogen-bond acceptors (Lipinski definition) is 5. The van der Waals surface area contributed by atoms with Crippen LogP contribution in [-0.4, -0.2) is 36.0 Å². The molecule has 0 spiro atoms. The molecule has 21 heavy (non-hydrogen) atoms. The van der Waals surface area contributed by atoms with Crippen LogP contribution >= 0.6 is 0 Å². The van der Waals surface area contributed by atoms with Crippen LogP contribution in [0.3, 0.4) is 0 Å². The first kappa shape index (κ1) is 15.9. The third-order valence-corrected chi connectivity index (χ3v) is 5.74. The first-order valence-corrected chi connectivity index (χ1v) is 8.64. The minimum absolute atomic E-state index is 0.0382. The largest absolute Gasteiger partial charge is 0.362 e. The Labute approximate surface area is 126 Å². The summed E-state index contributed by atoms with van der Waals surface area (Å²) < 4.78 is 13.5. The average Bonchev–Trinajstić information content (AvgIpc) is 2.72. The molecule has 1 aliphatic carbocycles. The van der Waals surface area contributed by atoms with Crippen LogP contribution in [-0.2, 0) is 17.8 Å². The van der Waals surface area contributed by atoms with E-state index >= 15 is 0 Å². The summed E-state index contributed by atoms with van der Waals surface area (Å²) in [5.74, 6) is 1.12. The van der Waals surface area contributed by atoms with Crippen molar-refractivity contribution in [3.63, 3.8) is 0 Å². The van der Waals surface area contributed by atoms with Gasteiger partial charge in [0.15, 0.2) is 0 Å². The number of aromatic nitrogens is 2. The summed E-state index contributed by atoms with van der Waals surface area (Å²) in [6.07, 6.45) is 3.71. The molecule has 1 aromatic heterocycles. The lowest BCUT2D eigenvalue weighted by Gasteiger charge is -2.29. The second-order valence-electron chi connectivity index (χ2n) is 5.46. The van der Waals surface area contributed by atoms with Gasteiger partial charge in [0.05, 0.1) is 4.92 Å². The second kappa shape index (κ2) is 6.55. The molecule has 8 heteroatoms. The van der Waals surface area contributed by atoms with E-state index in [0.717, 1.165) is 25.7 Å². The van der Waals surface area contributed by atoms with Gasteiger partial charge in [0.1, 0.15) is 5.69 Å². The SMILES string of the molecule is CC[S@](=O)[C@@H]1CCC[C@H](Nc2c([N+](=O)[O-])c(C)nn2C)C1. The predicted octanol–water partition coefficient (Wildman–Crippen LogP) is 2.13. The van der Waals surface area contributed by atoms with E-state index in [9.17, 15) is 14.3 Å². The van der Waals surface area contributed by atoms with Crippen LogP contribution in [0.4, 0.5) is 11.5 Å². The summed E-state index contributed by atoms with van der Waals surface area (Å²) in [5, 5.41) is 18.7. The minimum Gasteiger partial charge on any atom is -0.362 e. The van der Waals surface area contributed by atoms with E-state index in [4.69, 9.17) is 0 Å². The molecule has 118 valence electrons. The fourth-order valence-electron chi connectivity index (χ4n) is 2.97. The molecule has 2 rings (SSSR count). The number of nitrogens with zero attached hydrogens (tertiary/aromatic N) is 3. The fourth-order valence-corrected chi connectivity index (χ4v) is 4.32. The zero-order valence-corrected chi connectivity index (χ0v) is 13.5. The molecule has 0 bridgehead atoms. The van der Waals surface area contributed by atoms with Crippen LogP contribution in [0.2, 0.25) is 0 Å². The van der Waals surface area contributed by atoms with Gasteiger partial charge >= 0.3 is 5.69 Å². The molecule has 0 aromatic carbocycles. The third kappa shape index (κ3) is 3.42. The van der Waals surface area contributed by atoms with Crippen molar-refractivity contribution in [1.29, 1.82) is 0 Å². The molecular formula is C13H22N4O3S. The third-order valence-electron chi connectivity index (χ3n) is 4.00. The van der Waals surface area contributed by atoms with E-state index in [2.05, 4.69) is 10.4 Å². The van der Waals surface area contributed by atoms with Crippen molar-refractivity contribution in [3.05, 3.63) is 15.8 Å². The van der Waals surface area contributed by atoms with Gasteiger partial charge < -0.3 is 5.32 Å². The summed E-state index contributed by atoms with van der Waals surface area (Å²) in [5.41, 5.74) is 0.450. The quantitative estimate of drug-likeness (QED) is 0.664. The first-order valence-electron chi connectivity index (χ1n) is 7.25. The summed E-state index contributed by atoms with van der Waals surface area (Å²) >= 11 is 0. The van der Waals surface area contributed by atoms with Crippen molar-refractivity contribution < 1.29 is 9.13 Å². The van der Waals surface area contributed by atoms with Crippen LogP contribution in [0.15, 0.2) is 0 Å². The van der Waals surface area contributed by atoms with Crippen molar-refractivity contribution in [1.82, 2.24) is 9.78 Å². The standard InChI is InChI=1S/C13H22N4O3S/c1-4-21(20)11-7-5-6-10(8-11)14-13-12(17(18)19)9(2)15-16(13)3/h10-11,14H,4-8H2,1-3H3/t10-,11+,21-/m0/s1. The lowest BCUT2D eigenvalue weighted by atomic mass is 9.95. The number of nitrogens with one attached hydrogen (secondary N) is 1. The van der Waals surface area contributed by atoms with Crippen molar-refractivity contribution in [2.24, 2.45) is 7.05 Å². The second-order valence-corrected chi connectivity index (χ2v) is 7.47. The van der Waals surface area contributed by atoms with Gasteiger partial charge in [-0.2, -0.15) is 5.10 Å². The van der Waals surface area contributed by atoms with E-state index in [0.29, 0.717) is 17.3 Å². The number of aryl methyl sites for hydroxylation is 2. The highest BCUT2D eigenvalue weighted by molar-refractivity contribution is 7.85. The average molecular weight is 314 g/mol. The Morgan fingerprint density at radius 2 is 2.24 bits per heavy atom. The molecule has 1 aromatic rings. The van der Waals surface area contributed by atoms with Crippen LogP contribution in [0.5, 0.6) is 0 Å². The van der Waals surface area contributed by atoms with E-state index in [1.807, 2.05) is 6.92 Å². The maximum atomic E-state index is 12.0. The zero-order valence-electron chi connectivity index (χ0n) is 12.7. The molecule has 1 aliphatic rings. The predicted molar refractivity (Wildman–Crippen MR) is 82.9 cm³/mol. The van der Waals surface area contributed by atoms with Gasteiger partial charge in [0, 0.05) is 34.9 Å². The van der Waals surface area contributed by atoms with E-state index in [1.165, 1.54) is 4.68 Å². The van der Waals surface area contributed by atoms with Gasteiger partial charge in [0.2, 0.25) is 5.82 Å². The Kier molecular flexibility index (Phi) is 4.97. The van der Waals surface area contributed by atoms with Crippen LogP contribution in [0.25, 0.3) is 0 Å². The van der Waals surface area contributed by atoms with Crippen molar-refractivity contribution >= 4 is 22.3 Å². The molecular weight excluding hydrogens is 292 g/mol. The maximum Gasteiger partial charge on any atom is 0.333 e. The molecule has 1 heterocycles. The molecule has 0 amide bonds. The monoisotopic (exact) mass is 314 g/mol. The Morgan fingerprint density at radius 1 is 1.52 bits per heavy atom. The topological polar surface area (TPSA) is 90.1 Å². The number of hydrogen-bond donors (Lipinski definition) is 1. The molecule has 7 nitrogen and oxygen atoms in total. The normalized spacial score (nSPS) is 23.8. The highest BCUT2D eigenvalue weighted by atomic mass is 32.2. The van der Waals surface area contributed by atoms with E-state index < -0.39 is 15.7 Å². The summed E-state index contributed by atoms with van der Waals surface area (Å²) in [7, 11) is 0.899. The lowest BCUT2D eigenvalue weighted by molar-refractivity contribution is -0.384. The molecule has 0 radical (unpaired) electrons. The maximum absolute atomic E-state index is 12.0. The van der Waals surface area contributed by atoms with Crippen LogP contribution in [0, 0.1) is 17.0 Å². The first-order chi connectivity index (χ1) is 9.93. The number of anilines is 1. The van der Waals surface area contributed by atoms with Crippen LogP contribution in [0.1, 0.15) is 38.3 Å². The van der Waals surface area contributed by atoms with E-state index in [1.54, 1.807) is 14.0 Å². The lowest BCUT2D eigenvalue weighted by Crippen LogP contribution is -2.33. The van der Waals surface area contributed by atoms with Gasteiger partial charge in [0.25, 0.3) is 0 Å². The Morgan fingerprint density at radius 3 is 2.86 bits per heavy atom. The van der Waals surface area contributed by atoms with E-state index in [-0.39, 0.29) is 17.0 Å². The molecule has 3 atom stereocenters. The Bertz CT molecular complexity index is 558. The van der Waals surface area contributed by atoms with Crippen LogP contribution < -0.4 is 5.32 Å². The summed E-state index contributed by atoms with van der Waals surface area (Å²) in [6, 6.07) is 0.118. The molecule has 0 saturated heterocycles. The van der Waals surface area contributed by atoms with Gasteiger partial charge in [-0.05, 0) is 26.2 Å². The summed E-state index contributed by atoms with van der Waals surface area (Å²) in [4.78, 5) is 10.8. The Hall–Kier alpha value is -1.44. The summed E-state index contributed by atoms with van der Waals surface area (Å²) in [6.45, 7) is 3.57. The molecule has 0 aliphatic heterocycles. The fraction of sp³-hybridized carbons (Fsp3) is 0.769. The van der Waals surface area contributed by atoms with Crippen molar-refractivity contribution in [2.45, 2.75) is 50.8 Å². The van der Waals surface area contributed by atoms with Gasteiger partial charge in [-0.1, -0.05) is 13.3 Å². The van der Waals surface area contributed by atoms with Crippen molar-refractivity contribution in [2.75, 3.05) is 11.1 Å². The number of rotatable bonds is 5. The van der Waals surface area contributed by atoms with Crippen molar-refractivity contribution in [3.8, 4) is 0 Å². The highest BCUT2D eigenvalue weighted by Crippen LogP contribution is 2.31. The molecule has 0 unspecified atom stereocenters. The number of nitro groups is 1. The smallest absolute Gasteiger partial charge is 0.333 e. The minimum atomic E-state index is -0.803. The molecule has 1 saturated carbocycles. The van der Waals surface area contributed by atoms with Gasteiger partial charge in [-0.15, -0.1) is 0 Å².